The first-order chi connectivity index (χ1) is 20.9. The van der Waals surface area contributed by atoms with Crippen LogP contribution >= 0.6 is 0 Å². The first kappa shape index (κ1) is 28.7. The number of benzene rings is 3. The molecule has 0 bridgehead atoms. The fraction of sp³-hybridized carbons (Fsp3) is 0.0625. The molecule has 0 amide bonds. The van der Waals surface area contributed by atoms with E-state index >= 15 is 8.78 Å². The highest BCUT2D eigenvalue weighted by Crippen LogP contribution is 2.47. The molecule has 3 aromatic carbocycles. The van der Waals surface area contributed by atoms with E-state index in [0.29, 0.717) is 16.8 Å². The minimum atomic E-state index is -4.88. The van der Waals surface area contributed by atoms with E-state index < -0.39 is 57.8 Å². The summed E-state index contributed by atoms with van der Waals surface area (Å²) in [4.78, 5) is 8.31. The molecule has 4 nitrogen and oxygen atoms in total. The number of nitriles is 1. The number of hydrogen-bond acceptors (Lipinski definition) is 3. The third-order valence-electron chi connectivity index (χ3n) is 7.24. The van der Waals surface area contributed by atoms with Crippen molar-refractivity contribution in [3.63, 3.8) is 0 Å². The van der Waals surface area contributed by atoms with Crippen molar-refractivity contribution in [3.05, 3.63) is 124 Å². The SMILES string of the molecule is Cc1cc2c(cc1-c1ccccn1)C(=[N+](C#N)c1c(F)c(F)c(F)c(F)c1F)c1cc(-c3ccccn3)c(C(F)(F)F)cc1-2. The van der Waals surface area contributed by atoms with Gasteiger partial charge in [-0.25, -0.2) is 13.2 Å². The van der Waals surface area contributed by atoms with Crippen molar-refractivity contribution in [2.75, 3.05) is 0 Å². The zero-order chi connectivity index (χ0) is 31.5. The zero-order valence-electron chi connectivity index (χ0n) is 22.2. The third kappa shape index (κ3) is 4.40. The lowest BCUT2D eigenvalue weighted by atomic mass is 9.94. The lowest BCUT2D eigenvalue weighted by molar-refractivity contribution is -0.345. The third-order valence-corrected chi connectivity index (χ3v) is 7.24. The highest BCUT2D eigenvalue weighted by Gasteiger charge is 2.41. The smallest absolute Gasteiger partial charge is 0.256 e. The number of halogens is 8. The van der Waals surface area contributed by atoms with Gasteiger partial charge in [0.1, 0.15) is 0 Å². The van der Waals surface area contributed by atoms with Crippen LogP contribution in [-0.4, -0.2) is 20.3 Å². The van der Waals surface area contributed by atoms with Crippen LogP contribution in [0.2, 0.25) is 0 Å². The van der Waals surface area contributed by atoms with E-state index in [4.69, 9.17) is 0 Å². The summed E-state index contributed by atoms with van der Waals surface area (Å²) in [5, 5.41) is 10.2. The lowest BCUT2D eigenvalue weighted by Gasteiger charge is -2.15. The number of fused-ring (bicyclic) bond motifs is 3. The molecule has 0 N–H and O–H groups in total. The molecule has 2 aromatic heterocycles. The minimum Gasteiger partial charge on any atom is -0.256 e. The van der Waals surface area contributed by atoms with E-state index in [1.54, 1.807) is 25.1 Å². The normalized spacial score (nSPS) is 13.4. The molecule has 12 heteroatoms. The summed E-state index contributed by atoms with van der Waals surface area (Å²) in [5.74, 6) is -11.6. The Balaban J connectivity index is 1.79. The predicted octanol–water partition coefficient (Wildman–Crippen LogP) is 8.48. The monoisotopic (exact) mass is 607 g/mol. The van der Waals surface area contributed by atoms with E-state index in [0.717, 1.165) is 12.1 Å². The molecule has 5 aromatic rings. The summed E-state index contributed by atoms with van der Waals surface area (Å²) < 4.78 is 116. The Morgan fingerprint density at radius 2 is 1.14 bits per heavy atom. The number of alkyl halides is 3. The van der Waals surface area contributed by atoms with Crippen LogP contribution in [0.1, 0.15) is 22.3 Å². The molecule has 0 saturated carbocycles. The fourth-order valence-electron chi connectivity index (χ4n) is 5.30. The van der Waals surface area contributed by atoms with Crippen LogP contribution in [0.4, 0.5) is 40.8 Å². The lowest BCUT2D eigenvalue weighted by Crippen LogP contribution is -2.18. The molecule has 0 radical (unpaired) electrons. The highest BCUT2D eigenvalue weighted by molar-refractivity contribution is 6.23. The first-order valence-corrected chi connectivity index (χ1v) is 12.8. The predicted molar refractivity (Wildman–Crippen MR) is 143 cm³/mol. The number of hydrogen-bond donors (Lipinski definition) is 0. The van der Waals surface area contributed by atoms with E-state index in [1.807, 2.05) is 0 Å². The molecular formula is C32H15F8N4+. The number of pyridine rings is 2. The molecule has 44 heavy (non-hydrogen) atoms. The molecule has 1 aliphatic rings. The average molecular weight is 607 g/mol. The van der Waals surface area contributed by atoms with Crippen LogP contribution in [0.3, 0.4) is 0 Å². The molecule has 218 valence electrons. The molecule has 0 saturated heterocycles. The van der Waals surface area contributed by atoms with Crippen LogP contribution in [0.15, 0.2) is 73.1 Å². The van der Waals surface area contributed by atoms with E-state index in [-0.39, 0.29) is 32.5 Å². The second kappa shape index (κ2) is 10.4. The molecule has 1 aliphatic carbocycles. The standard InChI is InChI=1S/C32H15F8N4/c1-15-10-17-18-13-22(32(38,39)40)21(24-7-3-5-9-43-24)12-20(18)30(19(17)11-16(15)23-6-2-4-8-42-23)44(14-41)31-28(36)26(34)25(33)27(35)29(31)37/h2-13H,1H3/q+1. The Morgan fingerprint density at radius 3 is 1.64 bits per heavy atom. The van der Waals surface area contributed by atoms with Crippen LogP contribution in [0.25, 0.3) is 33.6 Å². The number of aromatic nitrogens is 2. The van der Waals surface area contributed by atoms with Gasteiger partial charge in [0, 0.05) is 34.6 Å². The van der Waals surface area contributed by atoms with E-state index in [2.05, 4.69) is 9.97 Å². The Bertz CT molecular complexity index is 2040. The maximum atomic E-state index is 15.1. The van der Waals surface area contributed by atoms with Gasteiger partial charge in [0.05, 0.1) is 17.0 Å². The van der Waals surface area contributed by atoms with Gasteiger partial charge in [0.2, 0.25) is 34.8 Å². The Kier molecular flexibility index (Phi) is 6.76. The van der Waals surface area contributed by atoms with Crippen molar-refractivity contribution >= 4 is 11.4 Å². The van der Waals surface area contributed by atoms with Crippen LogP contribution < -0.4 is 0 Å². The van der Waals surface area contributed by atoms with Crippen LogP contribution in [-0.2, 0) is 6.18 Å². The maximum absolute atomic E-state index is 15.1. The summed E-state index contributed by atoms with van der Waals surface area (Å²) in [6.45, 7) is 1.67. The first-order valence-electron chi connectivity index (χ1n) is 12.8. The van der Waals surface area contributed by atoms with Gasteiger partial charge in [-0.1, -0.05) is 12.1 Å². The summed E-state index contributed by atoms with van der Waals surface area (Å²) in [6, 6.07) is 14.1. The quantitative estimate of drug-likeness (QED) is 0.0507. The second-order valence-electron chi connectivity index (χ2n) is 9.79. The molecule has 0 fully saturated rings. The maximum Gasteiger partial charge on any atom is 0.465 e. The summed E-state index contributed by atoms with van der Waals surface area (Å²) in [7, 11) is 0. The van der Waals surface area contributed by atoms with Crippen molar-refractivity contribution in [2.24, 2.45) is 0 Å². The highest BCUT2D eigenvalue weighted by atomic mass is 19.4. The number of aryl methyl sites for hydroxylation is 1. The van der Waals surface area contributed by atoms with Gasteiger partial charge >= 0.3 is 12.4 Å². The van der Waals surface area contributed by atoms with Crippen molar-refractivity contribution in [2.45, 2.75) is 13.1 Å². The molecular weight excluding hydrogens is 592 g/mol. The van der Waals surface area contributed by atoms with Gasteiger partial charge in [-0.2, -0.15) is 22.0 Å². The summed E-state index contributed by atoms with van der Waals surface area (Å²) in [5.41, 5.74) is -2.26. The van der Waals surface area contributed by atoms with Crippen LogP contribution in [0, 0.1) is 47.5 Å². The number of rotatable bonds is 3. The van der Waals surface area contributed by atoms with Crippen LogP contribution in [0.5, 0.6) is 0 Å². The molecule has 0 spiro atoms. The summed E-state index contributed by atoms with van der Waals surface area (Å²) in [6.07, 6.45) is -0.645. The zero-order valence-corrected chi connectivity index (χ0v) is 22.2. The van der Waals surface area contributed by atoms with Gasteiger partial charge in [-0.05, 0) is 72.1 Å². The number of nitrogens with zero attached hydrogens (tertiary/aromatic N) is 4. The van der Waals surface area contributed by atoms with Gasteiger partial charge < -0.3 is 0 Å². The van der Waals surface area contributed by atoms with Crippen molar-refractivity contribution in [3.8, 4) is 39.8 Å². The largest absolute Gasteiger partial charge is 0.465 e. The van der Waals surface area contributed by atoms with Gasteiger partial charge in [0.15, 0.2) is 11.0 Å². The van der Waals surface area contributed by atoms with Gasteiger partial charge in [-0.15, -0.1) is 4.58 Å². The Hall–Kier alpha value is -5.44. The molecule has 2 heterocycles. The van der Waals surface area contributed by atoms with E-state index in [9.17, 15) is 31.6 Å². The molecule has 0 atom stereocenters. The second-order valence-corrected chi connectivity index (χ2v) is 9.79. The minimum absolute atomic E-state index is 0.00281. The van der Waals surface area contributed by atoms with Crippen molar-refractivity contribution in [1.82, 2.24) is 9.97 Å². The fourth-order valence-corrected chi connectivity index (χ4v) is 5.30. The Labute approximate surface area is 243 Å². The molecule has 6 rings (SSSR count). The van der Waals surface area contributed by atoms with Gasteiger partial charge in [0.25, 0.3) is 0 Å². The molecule has 0 unspecified atom stereocenters. The summed E-state index contributed by atoms with van der Waals surface area (Å²) >= 11 is 0. The Morgan fingerprint density at radius 1 is 0.636 bits per heavy atom. The van der Waals surface area contributed by atoms with Crippen molar-refractivity contribution in [1.29, 1.82) is 5.26 Å². The topological polar surface area (TPSA) is 52.6 Å². The van der Waals surface area contributed by atoms with Gasteiger partial charge in [-0.3, -0.25) is 9.97 Å². The average Bonchev–Trinajstić information content (AvgIpc) is 3.32. The molecule has 0 aliphatic heterocycles. The van der Waals surface area contributed by atoms with Crippen molar-refractivity contribution < 1.29 is 39.7 Å². The van der Waals surface area contributed by atoms with E-state index in [1.165, 1.54) is 48.9 Å².